The van der Waals surface area contributed by atoms with E-state index in [1.807, 2.05) is 17.5 Å². The molecule has 2 aromatic heterocycles. The number of morpholine rings is 1. The van der Waals surface area contributed by atoms with E-state index in [2.05, 4.69) is 20.2 Å². The number of fused-ring (bicyclic) bond motifs is 1. The van der Waals surface area contributed by atoms with Crippen LogP contribution in [0.25, 0.3) is 10.9 Å². The number of nitrogens with zero attached hydrogens (tertiary/aromatic N) is 3. The maximum atomic E-state index is 13.2. The Kier molecular flexibility index (Phi) is 5.47. The fraction of sp³-hybridized carbons (Fsp3) is 0.368. The Balaban J connectivity index is 1.64. The van der Waals surface area contributed by atoms with Crippen LogP contribution in [-0.4, -0.2) is 47.7 Å². The number of benzene rings is 1. The second-order valence-electron chi connectivity index (χ2n) is 6.47. The van der Waals surface area contributed by atoms with Gasteiger partial charge in [-0.15, -0.1) is 11.3 Å². The average Bonchev–Trinajstić information content (AvgIpc) is 3.22. The van der Waals surface area contributed by atoms with Crippen molar-refractivity contribution in [2.75, 3.05) is 38.2 Å². The monoisotopic (exact) mass is 408 g/mol. The average molecular weight is 408 g/mol. The molecule has 4 rings (SSSR count). The van der Waals surface area contributed by atoms with Crippen LogP contribution in [0.1, 0.15) is 16.7 Å². The molecular formula is C19H19F3N4OS. The van der Waals surface area contributed by atoms with Crippen molar-refractivity contribution in [1.82, 2.24) is 14.9 Å². The van der Waals surface area contributed by atoms with Crippen molar-refractivity contribution in [1.29, 1.82) is 0 Å². The quantitative estimate of drug-likeness (QED) is 0.686. The van der Waals surface area contributed by atoms with Crippen molar-refractivity contribution in [2.45, 2.75) is 12.2 Å². The fourth-order valence-electron chi connectivity index (χ4n) is 3.31. The smallest absolute Gasteiger partial charge is 0.379 e. The van der Waals surface area contributed by atoms with Crippen LogP contribution in [0, 0.1) is 0 Å². The van der Waals surface area contributed by atoms with Crippen molar-refractivity contribution >= 4 is 28.1 Å². The van der Waals surface area contributed by atoms with E-state index in [9.17, 15) is 13.2 Å². The van der Waals surface area contributed by atoms with Crippen LogP contribution in [0.2, 0.25) is 0 Å². The van der Waals surface area contributed by atoms with Crippen LogP contribution in [0.15, 0.2) is 41.8 Å². The predicted molar refractivity (Wildman–Crippen MR) is 102 cm³/mol. The number of aromatic nitrogens is 2. The molecule has 0 bridgehead atoms. The number of nitrogens with one attached hydrogen (secondary N) is 1. The zero-order valence-electron chi connectivity index (χ0n) is 14.9. The molecular weight excluding hydrogens is 389 g/mol. The van der Waals surface area contributed by atoms with Crippen LogP contribution >= 0.6 is 11.3 Å². The van der Waals surface area contributed by atoms with Gasteiger partial charge in [0.1, 0.15) is 5.82 Å². The van der Waals surface area contributed by atoms with Gasteiger partial charge in [0, 0.05) is 29.9 Å². The molecule has 0 unspecified atom stereocenters. The molecule has 1 aromatic carbocycles. The zero-order chi connectivity index (χ0) is 19.6. The van der Waals surface area contributed by atoms with Crippen molar-refractivity contribution in [2.24, 2.45) is 0 Å². The maximum Gasteiger partial charge on any atom is 0.451 e. The van der Waals surface area contributed by atoms with E-state index in [1.54, 1.807) is 35.6 Å². The second kappa shape index (κ2) is 8.02. The molecule has 1 saturated heterocycles. The Morgan fingerprint density at radius 3 is 2.61 bits per heavy atom. The lowest BCUT2D eigenvalue weighted by molar-refractivity contribution is -0.144. The molecule has 3 heterocycles. The van der Waals surface area contributed by atoms with Crippen LogP contribution in [0.4, 0.5) is 19.0 Å². The van der Waals surface area contributed by atoms with Gasteiger partial charge in [0.2, 0.25) is 5.82 Å². The largest absolute Gasteiger partial charge is 0.451 e. The number of ether oxygens (including phenoxy) is 1. The van der Waals surface area contributed by atoms with E-state index < -0.39 is 12.0 Å². The fourth-order valence-corrected chi connectivity index (χ4v) is 4.17. The lowest BCUT2D eigenvalue weighted by atomic mass is 10.1. The van der Waals surface area contributed by atoms with Crippen molar-refractivity contribution in [3.8, 4) is 0 Å². The topological polar surface area (TPSA) is 50.3 Å². The minimum absolute atomic E-state index is 0.0342. The van der Waals surface area contributed by atoms with Gasteiger partial charge < -0.3 is 10.1 Å². The Morgan fingerprint density at radius 2 is 1.89 bits per heavy atom. The number of alkyl halides is 3. The molecule has 1 atom stereocenters. The summed E-state index contributed by atoms with van der Waals surface area (Å²) in [6, 6.07) is 10.8. The van der Waals surface area contributed by atoms with Gasteiger partial charge in [0.05, 0.1) is 24.8 Å². The summed E-state index contributed by atoms with van der Waals surface area (Å²) in [6.45, 7) is 3.30. The third-order valence-corrected chi connectivity index (χ3v) is 5.65. The van der Waals surface area contributed by atoms with E-state index in [0.717, 1.165) is 18.0 Å². The molecule has 148 valence electrons. The molecule has 0 saturated carbocycles. The summed E-state index contributed by atoms with van der Waals surface area (Å²) in [7, 11) is 0. The molecule has 0 aliphatic carbocycles. The number of hydrogen-bond acceptors (Lipinski definition) is 6. The SMILES string of the molecule is FC(F)(F)c1nc(NC[C@H](c2cccs2)N2CCOCC2)c2ccccc2n1. The van der Waals surface area contributed by atoms with Gasteiger partial charge in [-0.1, -0.05) is 18.2 Å². The van der Waals surface area contributed by atoms with E-state index >= 15 is 0 Å². The Labute approximate surface area is 164 Å². The van der Waals surface area contributed by atoms with Gasteiger partial charge in [0.25, 0.3) is 0 Å². The molecule has 1 fully saturated rings. The Bertz CT molecular complexity index is 927. The highest BCUT2D eigenvalue weighted by molar-refractivity contribution is 7.10. The first-order valence-electron chi connectivity index (χ1n) is 8.95. The van der Waals surface area contributed by atoms with E-state index in [-0.39, 0.29) is 17.4 Å². The normalized spacial score (nSPS) is 17.0. The number of para-hydroxylation sites is 1. The highest BCUT2D eigenvalue weighted by Crippen LogP contribution is 2.31. The van der Waals surface area contributed by atoms with Gasteiger partial charge in [-0.3, -0.25) is 4.90 Å². The van der Waals surface area contributed by atoms with Gasteiger partial charge in [-0.25, -0.2) is 9.97 Å². The molecule has 1 aliphatic rings. The summed E-state index contributed by atoms with van der Waals surface area (Å²) in [5.41, 5.74) is 0.270. The zero-order valence-corrected chi connectivity index (χ0v) is 15.8. The standard InChI is InChI=1S/C19H19F3N4OS/c20-19(21,22)18-24-14-5-2-1-4-13(14)17(25-18)23-12-15(16-6-3-11-28-16)26-7-9-27-10-8-26/h1-6,11,15H,7-10,12H2,(H,23,24,25)/t15-/m1/s1. The van der Waals surface area contributed by atoms with Crippen LogP contribution in [0.5, 0.6) is 0 Å². The third kappa shape index (κ3) is 4.11. The summed E-state index contributed by atoms with van der Waals surface area (Å²) in [4.78, 5) is 10.9. The predicted octanol–water partition coefficient (Wildman–Crippen LogP) is 4.20. The molecule has 3 aromatic rings. The Morgan fingerprint density at radius 1 is 1.11 bits per heavy atom. The highest BCUT2D eigenvalue weighted by Gasteiger charge is 2.35. The highest BCUT2D eigenvalue weighted by atomic mass is 32.1. The summed E-state index contributed by atoms with van der Waals surface area (Å²) < 4.78 is 45.1. The summed E-state index contributed by atoms with van der Waals surface area (Å²) in [5.74, 6) is -0.930. The molecule has 1 N–H and O–H groups in total. The van der Waals surface area contributed by atoms with Gasteiger partial charge in [-0.05, 0) is 23.6 Å². The van der Waals surface area contributed by atoms with Crippen LogP contribution in [-0.2, 0) is 10.9 Å². The van der Waals surface area contributed by atoms with E-state index in [1.165, 1.54) is 0 Å². The van der Waals surface area contributed by atoms with Gasteiger partial charge in [-0.2, -0.15) is 13.2 Å². The first-order valence-corrected chi connectivity index (χ1v) is 9.83. The first-order chi connectivity index (χ1) is 13.5. The Hall–Kier alpha value is -2.23. The van der Waals surface area contributed by atoms with Crippen LogP contribution in [0.3, 0.4) is 0 Å². The molecule has 9 heteroatoms. The van der Waals surface area contributed by atoms with Gasteiger partial charge in [0.15, 0.2) is 0 Å². The minimum Gasteiger partial charge on any atom is -0.379 e. The molecule has 5 nitrogen and oxygen atoms in total. The minimum atomic E-state index is -4.60. The summed E-state index contributed by atoms with van der Waals surface area (Å²) >= 11 is 1.64. The van der Waals surface area contributed by atoms with Gasteiger partial charge >= 0.3 is 6.18 Å². The first kappa shape index (κ1) is 19.1. The number of hydrogen-bond donors (Lipinski definition) is 1. The molecule has 28 heavy (non-hydrogen) atoms. The second-order valence-corrected chi connectivity index (χ2v) is 7.45. The lowest BCUT2D eigenvalue weighted by Crippen LogP contribution is -2.41. The van der Waals surface area contributed by atoms with Crippen LogP contribution < -0.4 is 5.32 Å². The summed E-state index contributed by atoms with van der Waals surface area (Å²) in [6.07, 6.45) is -4.60. The van der Waals surface area contributed by atoms with Crippen molar-refractivity contribution < 1.29 is 17.9 Å². The number of rotatable bonds is 5. The molecule has 0 spiro atoms. The van der Waals surface area contributed by atoms with E-state index in [0.29, 0.717) is 25.1 Å². The number of anilines is 1. The van der Waals surface area contributed by atoms with Crippen molar-refractivity contribution in [3.63, 3.8) is 0 Å². The maximum absolute atomic E-state index is 13.2. The number of thiophene rings is 1. The number of halogens is 3. The molecule has 0 amide bonds. The summed E-state index contributed by atoms with van der Waals surface area (Å²) in [5, 5.41) is 5.74. The van der Waals surface area contributed by atoms with E-state index in [4.69, 9.17) is 4.74 Å². The molecule has 0 radical (unpaired) electrons. The lowest BCUT2D eigenvalue weighted by Gasteiger charge is -2.34. The molecule has 1 aliphatic heterocycles. The van der Waals surface area contributed by atoms with Crippen molar-refractivity contribution in [3.05, 3.63) is 52.5 Å². The third-order valence-electron chi connectivity index (χ3n) is 4.68.